The second-order valence-electron chi connectivity index (χ2n) is 4.86. The second kappa shape index (κ2) is 3.01. The molecule has 0 radical (unpaired) electrons. The highest BCUT2D eigenvalue weighted by atomic mass is 14.9. The molecule has 3 nitrogen and oxygen atoms in total. The summed E-state index contributed by atoms with van der Waals surface area (Å²) in [6, 6.07) is 12.8. The molecule has 5 aromatic rings. The minimum atomic E-state index is 0.909. The van der Waals surface area contributed by atoms with Crippen molar-refractivity contribution in [3.8, 4) is 0 Å². The predicted molar refractivity (Wildman–Crippen MR) is 77.6 cm³/mol. The lowest BCUT2D eigenvalue weighted by Gasteiger charge is -1.98. The molecule has 0 bridgehead atoms. The summed E-state index contributed by atoms with van der Waals surface area (Å²) >= 11 is 0. The predicted octanol–water partition coefficient (Wildman–Crippen LogP) is 3.86. The minimum Gasteiger partial charge on any atom is -0.331 e. The van der Waals surface area contributed by atoms with E-state index in [1.807, 2.05) is 6.20 Å². The van der Waals surface area contributed by atoms with Crippen LogP contribution in [0.2, 0.25) is 0 Å². The van der Waals surface area contributed by atoms with Gasteiger partial charge < -0.3 is 4.98 Å². The summed E-state index contributed by atoms with van der Waals surface area (Å²) in [5, 5.41) is 7.40. The highest BCUT2D eigenvalue weighted by molar-refractivity contribution is 6.34. The molecule has 0 unspecified atom stereocenters. The number of hydrogen-bond donors (Lipinski definition) is 1. The van der Waals surface area contributed by atoms with E-state index in [2.05, 4.69) is 46.4 Å². The van der Waals surface area contributed by atoms with Gasteiger partial charge in [0, 0.05) is 22.4 Å². The zero-order chi connectivity index (χ0) is 12.4. The number of aromatic amines is 1. The van der Waals surface area contributed by atoms with Crippen LogP contribution in [-0.4, -0.2) is 15.0 Å². The number of nitrogens with zero attached hydrogens (tertiary/aromatic N) is 2. The van der Waals surface area contributed by atoms with Gasteiger partial charge >= 0.3 is 0 Å². The Hall–Kier alpha value is -2.68. The summed E-state index contributed by atoms with van der Waals surface area (Å²) in [7, 11) is 0. The van der Waals surface area contributed by atoms with Gasteiger partial charge in [-0.3, -0.25) is 0 Å². The Balaban J connectivity index is 2.26. The largest absolute Gasteiger partial charge is 0.331 e. The summed E-state index contributed by atoms with van der Waals surface area (Å²) in [6.07, 6.45) is 3.57. The number of rotatable bonds is 0. The lowest BCUT2D eigenvalue weighted by molar-refractivity contribution is 1.21. The monoisotopic (exact) mass is 243 g/mol. The fourth-order valence-electron chi connectivity index (χ4n) is 3.13. The van der Waals surface area contributed by atoms with Gasteiger partial charge in [-0.15, -0.1) is 0 Å². The molecule has 1 N–H and O–H groups in total. The van der Waals surface area contributed by atoms with Gasteiger partial charge in [-0.1, -0.05) is 36.4 Å². The molecule has 0 aliphatic carbocycles. The lowest BCUT2D eigenvalue weighted by Crippen LogP contribution is -1.78. The van der Waals surface area contributed by atoms with Crippen molar-refractivity contribution in [1.82, 2.24) is 15.0 Å². The summed E-state index contributed by atoms with van der Waals surface area (Å²) in [5.74, 6) is 0. The van der Waals surface area contributed by atoms with Gasteiger partial charge in [0.05, 0.1) is 11.8 Å². The standard InChI is InChI=1S/C16H9N3/c1-3-9-4-2-6-11-13(9)10(5-1)14-12-7-17-8-18-16(12)19-15(11)14/h1-8H,(H,17,18,19). The number of nitrogens with one attached hydrogen (secondary N) is 1. The molecule has 5 rings (SSSR count). The summed E-state index contributed by atoms with van der Waals surface area (Å²) in [5.41, 5.74) is 1.98. The van der Waals surface area contributed by atoms with Crippen LogP contribution >= 0.6 is 0 Å². The second-order valence-corrected chi connectivity index (χ2v) is 4.86. The van der Waals surface area contributed by atoms with Crippen LogP contribution in [-0.2, 0) is 0 Å². The van der Waals surface area contributed by atoms with E-state index in [9.17, 15) is 0 Å². The Morgan fingerprint density at radius 1 is 0.842 bits per heavy atom. The van der Waals surface area contributed by atoms with Crippen LogP contribution in [0.5, 0.6) is 0 Å². The van der Waals surface area contributed by atoms with Gasteiger partial charge in [0.25, 0.3) is 0 Å². The molecule has 0 amide bonds. The molecule has 0 atom stereocenters. The molecule has 88 valence electrons. The Morgan fingerprint density at radius 2 is 1.68 bits per heavy atom. The first kappa shape index (κ1) is 9.28. The fraction of sp³-hybridized carbons (Fsp3) is 0. The Labute approximate surface area is 108 Å². The van der Waals surface area contributed by atoms with Gasteiger partial charge in [0.1, 0.15) is 5.65 Å². The minimum absolute atomic E-state index is 0.909. The lowest BCUT2D eigenvalue weighted by atomic mass is 10.1. The number of benzene rings is 2. The zero-order valence-corrected chi connectivity index (χ0v) is 10.0. The third-order valence-electron chi connectivity index (χ3n) is 3.89. The van der Waals surface area contributed by atoms with E-state index >= 15 is 0 Å². The van der Waals surface area contributed by atoms with Crippen LogP contribution in [0.1, 0.15) is 0 Å². The molecular formula is C16H9N3. The van der Waals surface area contributed by atoms with E-state index in [1.165, 1.54) is 26.9 Å². The van der Waals surface area contributed by atoms with E-state index in [4.69, 9.17) is 4.98 Å². The Kier molecular flexibility index (Phi) is 1.47. The van der Waals surface area contributed by atoms with Crippen molar-refractivity contribution in [3.63, 3.8) is 0 Å². The van der Waals surface area contributed by atoms with Crippen LogP contribution < -0.4 is 0 Å². The van der Waals surface area contributed by atoms with E-state index < -0.39 is 0 Å². The summed E-state index contributed by atoms with van der Waals surface area (Å²) in [4.78, 5) is 12.1. The van der Waals surface area contributed by atoms with Crippen molar-refractivity contribution >= 4 is 43.5 Å². The number of hydrogen-bond acceptors (Lipinski definition) is 2. The average molecular weight is 243 g/mol. The van der Waals surface area contributed by atoms with Crippen LogP contribution in [0, 0.1) is 0 Å². The molecule has 19 heavy (non-hydrogen) atoms. The summed E-state index contributed by atoms with van der Waals surface area (Å²) < 4.78 is 0. The highest BCUT2D eigenvalue weighted by Crippen LogP contribution is 2.40. The molecule has 3 aromatic carbocycles. The van der Waals surface area contributed by atoms with Crippen LogP contribution in [0.4, 0.5) is 0 Å². The first-order chi connectivity index (χ1) is 9.43. The quantitative estimate of drug-likeness (QED) is 0.448. The third-order valence-corrected chi connectivity index (χ3v) is 3.89. The topological polar surface area (TPSA) is 41.6 Å². The van der Waals surface area contributed by atoms with Gasteiger partial charge in [0.2, 0.25) is 0 Å². The maximum absolute atomic E-state index is 4.74. The van der Waals surface area contributed by atoms with E-state index in [0.717, 1.165) is 16.6 Å². The number of H-pyrrole nitrogens is 1. The molecule has 0 spiro atoms. The SMILES string of the molecule is c1cc2cccc3c2c(c1)c1nc2[nH]cncc2c31. The van der Waals surface area contributed by atoms with E-state index in [0.29, 0.717) is 0 Å². The molecule has 2 aromatic heterocycles. The molecule has 0 saturated heterocycles. The smallest absolute Gasteiger partial charge is 0.141 e. The maximum Gasteiger partial charge on any atom is 0.141 e. The normalized spacial score (nSPS) is 12.2. The van der Waals surface area contributed by atoms with E-state index in [1.54, 1.807) is 6.33 Å². The van der Waals surface area contributed by atoms with Crippen LogP contribution in [0.15, 0.2) is 48.9 Å². The fourth-order valence-corrected chi connectivity index (χ4v) is 3.13. The average Bonchev–Trinajstić information content (AvgIpc) is 2.98. The van der Waals surface area contributed by atoms with Gasteiger partial charge in [0.15, 0.2) is 0 Å². The van der Waals surface area contributed by atoms with Crippen molar-refractivity contribution in [2.75, 3.05) is 0 Å². The Morgan fingerprint density at radius 3 is 2.58 bits per heavy atom. The third kappa shape index (κ3) is 0.993. The zero-order valence-electron chi connectivity index (χ0n) is 10.0. The molecule has 0 saturated carbocycles. The van der Waals surface area contributed by atoms with Crippen LogP contribution in [0.25, 0.3) is 43.5 Å². The first-order valence-corrected chi connectivity index (χ1v) is 6.28. The van der Waals surface area contributed by atoms with Crippen molar-refractivity contribution in [2.45, 2.75) is 0 Å². The number of aromatic nitrogens is 3. The van der Waals surface area contributed by atoms with Gasteiger partial charge in [-0.2, -0.15) is 0 Å². The van der Waals surface area contributed by atoms with Crippen molar-refractivity contribution < 1.29 is 0 Å². The molecule has 0 aliphatic rings. The van der Waals surface area contributed by atoms with Crippen LogP contribution in [0.3, 0.4) is 0 Å². The van der Waals surface area contributed by atoms with Crippen molar-refractivity contribution in [2.24, 2.45) is 0 Å². The first-order valence-electron chi connectivity index (χ1n) is 6.28. The molecular weight excluding hydrogens is 234 g/mol. The number of fused-ring (bicyclic) bond motifs is 5. The maximum atomic E-state index is 4.74. The van der Waals surface area contributed by atoms with Crippen molar-refractivity contribution in [1.29, 1.82) is 0 Å². The van der Waals surface area contributed by atoms with Gasteiger partial charge in [-0.05, 0) is 16.2 Å². The van der Waals surface area contributed by atoms with Crippen molar-refractivity contribution in [3.05, 3.63) is 48.9 Å². The molecule has 0 aliphatic heterocycles. The molecule has 3 heteroatoms. The molecule has 0 fully saturated rings. The van der Waals surface area contributed by atoms with Gasteiger partial charge in [-0.25, -0.2) is 9.97 Å². The molecule has 2 heterocycles. The van der Waals surface area contributed by atoms with E-state index in [-0.39, 0.29) is 0 Å². The Bertz CT molecular complexity index is 1050. The summed E-state index contributed by atoms with van der Waals surface area (Å²) in [6.45, 7) is 0. The highest BCUT2D eigenvalue weighted by Gasteiger charge is 2.16.